The number of carboxylic acids is 1. The minimum Gasteiger partial charge on any atom is -0.480 e. The van der Waals surface area contributed by atoms with Gasteiger partial charge in [-0.2, -0.15) is 0 Å². The number of nitrogens with one attached hydrogen (secondary N) is 1. The van der Waals surface area contributed by atoms with E-state index < -0.39 is 12.0 Å². The lowest BCUT2D eigenvalue weighted by Crippen LogP contribution is -2.51. The standard InChI is InChI=1S/C15H21N3O3/c1-9-2-4-10(5-3-9)14(19)18-7-12-11(16-8-17-12)6-13(18)15(20)21/h8-10,13H,2-7H2,1H3,(H,16,17)(H,20,21). The number of aromatic nitrogens is 2. The van der Waals surface area contributed by atoms with Crippen LogP contribution >= 0.6 is 0 Å². The fourth-order valence-corrected chi connectivity index (χ4v) is 3.43. The van der Waals surface area contributed by atoms with Crippen LogP contribution in [0, 0.1) is 11.8 Å². The van der Waals surface area contributed by atoms with Crippen LogP contribution in [0.4, 0.5) is 0 Å². The molecule has 6 nitrogen and oxygen atoms in total. The third-order valence-corrected chi connectivity index (χ3v) is 4.83. The molecule has 0 saturated heterocycles. The van der Waals surface area contributed by atoms with E-state index in [0.29, 0.717) is 18.9 Å². The molecule has 0 spiro atoms. The Kier molecular flexibility index (Phi) is 3.69. The van der Waals surface area contributed by atoms with Crippen LogP contribution in [0.25, 0.3) is 0 Å². The third-order valence-electron chi connectivity index (χ3n) is 4.83. The van der Waals surface area contributed by atoms with E-state index in [1.165, 1.54) is 4.90 Å². The molecule has 6 heteroatoms. The molecule has 0 bridgehead atoms. The van der Waals surface area contributed by atoms with E-state index in [-0.39, 0.29) is 11.8 Å². The first-order chi connectivity index (χ1) is 10.1. The van der Waals surface area contributed by atoms with E-state index in [9.17, 15) is 14.7 Å². The van der Waals surface area contributed by atoms with Gasteiger partial charge in [-0.1, -0.05) is 6.92 Å². The highest BCUT2D eigenvalue weighted by molar-refractivity contribution is 5.85. The highest BCUT2D eigenvalue weighted by Crippen LogP contribution is 2.32. The smallest absolute Gasteiger partial charge is 0.326 e. The summed E-state index contributed by atoms with van der Waals surface area (Å²) < 4.78 is 0. The van der Waals surface area contributed by atoms with Crippen molar-refractivity contribution in [2.24, 2.45) is 11.8 Å². The SMILES string of the molecule is CC1CCC(C(=O)N2Cc3[nH]cnc3CC2C(=O)O)CC1. The average Bonchev–Trinajstić information content (AvgIpc) is 2.93. The summed E-state index contributed by atoms with van der Waals surface area (Å²) in [5, 5.41) is 9.43. The monoisotopic (exact) mass is 291 g/mol. The van der Waals surface area contributed by atoms with Crippen LogP contribution in [0.15, 0.2) is 6.33 Å². The number of amides is 1. The molecule has 2 N–H and O–H groups in total. The minimum atomic E-state index is -0.943. The highest BCUT2D eigenvalue weighted by Gasteiger charge is 2.39. The molecule has 1 saturated carbocycles. The molecule has 1 aliphatic heterocycles. The van der Waals surface area contributed by atoms with Crippen LogP contribution in [-0.4, -0.2) is 37.9 Å². The number of imidazole rings is 1. The zero-order chi connectivity index (χ0) is 15.0. The fourth-order valence-electron chi connectivity index (χ4n) is 3.43. The summed E-state index contributed by atoms with van der Waals surface area (Å²) in [6.07, 6.45) is 5.72. The average molecular weight is 291 g/mol. The van der Waals surface area contributed by atoms with E-state index in [4.69, 9.17) is 0 Å². The topological polar surface area (TPSA) is 86.3 Å². The molecular weight excluding hydrogens is 270 g/mol. The van der Waals surface area contributed by atoms with Crippen molar-refractivity contribution in [1.82, 2.24) is 14.9 Å². The number of hydrogen-bond donors (Lipinski definition) is 2. The second-order valence-electron chi connectivity index (χ2n) is 6.31. The van der Waals surface area contributed by atoms with Crippen LogP contribution in [0.5, 0.6) is 0 Å². The van der Waals surface area contributed by atoms with Gasteiger partial charge in [-0.25, -0.2) is 9.78 Å². The maximum absolute atomic E-state index is 12.7. The Balaban J connectivity index is 1.79. The van der Waals surface area contributed by atoms with Crippen molar-refractivity contribution >= 4 is 11.9 Å². The van der Waals surface area contributed by atoms with E-state index in [0.717, 1.165) is 37.1 Å². The summed E-state index contributed by atoms with van der Waals surface area (Å²) >= 11 is 0. The Hall–Kier alpha value is -1.85. The lowest BCUT2D eigenvalue weighted by Gasteiger charge is -2.36. The molecule has 114 valence electrons. The van der Waals surface area contributed by atoms with Crippen molar-refractivity contribution in [1.29, 1.82) is 0 Å². The third kappa shape index (κ3) is 2.66. The zero-order valence-corrected chi connectivity index (χ0v) is 12.2. The van der Waals surface area contributed by atoms with Crippen LogP contribution in [0.1, 0.15) is 44.0 Å². The van der Waals surface area contributed by atoms with Gasteiger partial charge >= 0.3 is 5.97 Å². The van der Waals surface area contributed by atoms with Crippen molar-refractivity contribution in [2.45, 2.75) is 51.6 Å². The molecule has 2 aliphatic rings. The lowest BCUT2D eigenvalue weighted by molar-refractivity contribution is -0.154. The Bertz CT molecular complexity index is 546. The largest absolute Gasteiger partial charge is 0.480 e. The predicted octanol–water partition coefficient (Wildman–Crippen LogP) is 1.57. The van der Waals surface area contributed by atoms with Gasteiger partial charge in [0.25, 0.3) is 0 Å². The zero-order valence-electron chi connectivity index (χ0n) is 12.2. The van der Waals surface area contributed by atoms with Crippen LogP contribution in [0.2, 0.25) is 0 Å². The summed E-state index contributed by atoms with van der Waals surface area (Å²) in [6.45, 7) is 2.54. The molecular formula is C15H21N3O3. The number of H-pyrrole nitrogens is 1. The lowest BCUT2D eigenvalue weighted by atomic mass is 9.82. The molecule has 1 aliphatic carbocycles. The van der Waals surface area contributed by atoms with Gasteiger partial charge in [0, 0.05) is 12.3 Å². The van der Waals surface area contributed by atoms with E-state index in [1.807, 2.05) is 0 Å². The Morgan fingerprint density at radius 2 is 2.05 bits per heavy atom. The highest BCUT2D eigenvalue weighted by atomic mass is 16.4. The summed E-state index contributed by atoms with van der Waals surface area (Å²) in [5.74, 6) is -0.298. The Morgan fingerprint density at radius 3 is 2.71 bits per heavy atom. The molecule has 0 aromatic carbocycles. The molecule has 1 fully saturated rings. The Morgan fingerprint density at radius 1 is 1.33 bits per heavy atom. The molecule has 1 atom stereocenters. The van der Waals surface area contributed by atoms with E-state index in [2.05, 4.69) is 16.9 Å². The predicted molar refractivity (Wildman–Crippen MR) is 75.4 cm³/mol. The number of carbonyl (C=O) groups excluding carboxylic acids is 1. The van der Waals surface area contributed by atoms with Gasteiger partial charge in [-0.15, -0.1) is 0 Å². The van der Waals surface area contributed by atoms with Crippen molar-refractivity contribution in [3.05, 3.63) is 17.7 Å². The van der Waals surface area contributed by atoms with Crippen LogP contribution < -0.4 is 0 Å². The number of nitrogens with zero attached hydrogens (tertiary/aromatic N) is 2. The normalized spacial score (nSPS) is 29.0. The van der Waals surface area contributed by atoms with Crippen molar-refractivity contribution < 1.29 is 14.7 Å². The molecule has 2 heterocycles. The Labute approximate surface area is 123 Å². The first-order valence-corrected chi connectivity index (χ1v) is 7.60. The van der Waals surface area contributed by atoms with Gasteiger partial charge in [-0.05, 0) is 31.6 Å². The summed E-state index contributed by atoms with van der Waals surface area (Å²) in [7, 11) is 0. The minimum absolute atomic E-state index is 0.00505. The number of aromatic amines is 1. The first kappa shape index (κ1) is 14.1. The molecule has 21 heavy (non-hydrogen) atoms. The fraction of sp³-hybridized carbons (Fsp3) is 0.667. The quantitative estimate of drug-likeness (QED) is 0.866. The summed E-state index contributed by atoms with van der Waals surface area (Å²) in [4.78, 5) is 32.9. The first-order valence-electron chi connectivity index (χ1n) is 7.60. The van der Waals surface area contributed by atoms with Gasteiger partial charge in [0.2, 0.25) is 5.91 Å². The second-order valence-corrected chi connectivity index (χ2v) is 6.31. The van der Waals surface area contributed by atoms with Gasteiger partial charge in [0.15, 0.2) is 0 Å². The number of fused-ring (bicyclic) bond motifs is 1. The van der Waals surface area contributed by atoms with Gasteiger partial charge in [-0.3, -0.25) is 4.79 Å². The summed E-state index contributed by atoms with van der Waals surface area (Å²) in [6, 6.07) is -0.785. The number of rotatable bonds is 2. The maximum Gasteiger partial charge on any atom is 0.326 e. The van der Waals surface area contributed by atoms with Gasteiger partial charge in [0.1, 0.15) is 6.04 Å². The molecule has 3 rings (SSSR count). The number of carboxylic acid groups (broad SMARTS) is 1. The van der Waals surface area contributed by atoms with E-state index in [1.54, 1.807) is 6.33 Å². The van der Waals surface area contributed by atoms with Gasteiger partial charge in [0.05, 0.1) is 24.3 Å². The molecule has 0 radical (unpaired) electrons. The molecule has 1 amide bonds. The maximum atomic E-state index is 12.7. The van der Waals surface area contributed by atoms with Crippen molar-refractivity contribution in [3.63, 3.8) is 0 Å². The molecule has 1 aromatic rings. The number of carbonyl (C=O) groups is 2. The van der Waals surface area contributed by atoms with Crippen LogP contribution in [0.3, 0.4) is 0 Å². The molecule has 1 unspecified atom stereocenters. The van der Waals surface area contributed by atoms with E-state index >= 15 is 0 Å². The van der Waals surface area contributed by atoms with Crippen LogP contribution in [-0.2, 0) is 22.6 Å². The number of hydrogen-bond acceptors (Lipinski definition) is 3. The van der Waals surface area contributed by atoms with Crippen molar-refractivity contribution in [2.75, 3.05) is 0 Å². The second kappa shape index (κ2) is 5.50. The number of aliphatic carboxylic acids is 1. The van der Waals surface area contributed by atoms with Crippen molar-refractivity contribution in [3.8, 4) is 0 Å². The molecule has 1 aromatic heterocycles. The van der Waals surface area contributed by atoms with Gasteiger partial charge < -0.3 is 15.0 Å². The summed E-state index contributed by atoms with van der Waals surface area (Å²) in [5.41, 5.74) is 1.63.